The molecule has 1 saturated carbocycles. The molecule has 0 atom stereocenters. The first kappa shape index (κ1) is 21.0. The number of halogens is 3. The summed E-state index contributed by atoms with van der Waals surface area (Å²) in [6, 6.07) is 12.3. The Morgan fingerprint density at radius 1 is 1.07 bits per heavy atom. The van der Waals surface area contributed by atoms with Gasteiger partial charge in [-0.05, 0) is 61.9 Å². The molecule has 1 amide bonds. The first-order chi connectivity index (χ1) is 13.8. The summed E-state index contributed by atoms with van der Waals surface area (Å²) in [6.07, 6.45) is -0.927. The summed E-state index contributed by atoms with van der Waals surface area (Å²) in [5, 5.41) is 6.30. The van der Waals surface area contributed by atoms with E-state index in [9.17, 15) is 18.0 Å². The van der Waals surface area contributed by atoms with Crippen molar-refractivity contribution in [1.82, 2.24) is 5.32 Å². The van der Waals surface area contributed by atoms with Crippen molar-refractivity contribution in [2.45, 2.75) is 37.9 Å². The van der Waals surface area contributed by atoms with Gasteiger partial charge in [0.05, 0.1) is 12.7 Å². The Hall–Kier alpha value is -2.70. The number of hydrogen-bond donors (Lipinski definition) is 2. The Labute approximate surface area is 168 Å². The number of hydrogen-bond acceptors (Lipinski definition) is 3. The van der Waals surface area contributed by atoms with Crippen LogP contribution in [0.5, 0.6) is 5.75 Å². The fourth-order valence-electron chi connectivity index (χ4n) is 3.61. The zero-order valence-corrected chi connectivity index (χ0v) is 16.3. The molecule has 1 aliphatic rings. The number of methoxy groups -OCH3 is 1. The number of ether oxygens (including phenoxy) is 1. The molecule has 29 heavy (non-hydrogen) atoms. The Balaban J connectivity index is 1.46. The fourth-order valence-corrected chi connectivity index (χ4v) is 3.61. The lowest BCUT2D eigenvalue weighted by molar-refractivity contribution is -0.137. The molecule has 0 spiro atoms. The van der Waals surface area contributed by atoms with Crippen molar-refractivity contribution in [3.05, 3.63) is 59.7 Å². The van der Waals surface area contributed by atoms with Crippen molar-refractivity contribution < 1.29 is 22.7 Å². The number of carbonyl (C=O) groups is 1. The number of alkyl halides is 3. The summed E-state index contributed by atoms with van der Waals surface area (Å²) < 4.78 is 43.7. The van der Waals surface area contributed by atoms with Crippen LogP contribution in [0.3, 0.4) is 0 Å². The van der Waals surface area contributed by atoms with Crippen LogP contribution in [0, 0.1) is 5.92 Å². The average Bonchev–Trinajstić information content (AvgIpc) is 2.73. The van der Waals surface area contributed by atoms with Crippen molar-refractivity contribution in [3.8, 4) is 5.75 Å². The maximum Gasteiger partial charge on any atom is 0.416 e. The Bertz CT molecular complexity index is 831. The van der Waals surface area contributed by atoms with E-state index in [0.717, 1.165) is 55.8 Å². The molecular formula is C22H25F3N2O2. The van der Waals surface area contributed by atoms with Gasteiger partial charge < -0.3 is 15.4 Å². The first-order valence-electron chi connectivity index (χ1n) is 9.71. The van der Waals surface area contributed by atoms with E-state index in [0.29, 0.717) is 5.92 Å². The van der Waals surface area contributed by atoms with Crippen molar-refractivity contribution in [2.24, 2.45) is 5.92 Å². The number of nitrogens with one attached hydrogen (secondary N) is 2. The topological polar surface area (TPSA) is 50.4 Å². The van der Waals surface area contributed by atoms with Crippen LogP contribution in [0.25, 0.3) is 0 Å². The van der Waals surface area contributed by atoms with Gasteiger partial charge in [-0.25, -0.2) is 0 Å². The summed E-state index contributed by atoms with van der Waals surface area (Å²) in [5.74, 6) is 0.841. The summed E-state index contributed by atoms with van der Waals surface area (Å²) in [4.78, 5) is 12.3. The minimum Gasteiger partial charge on any atom is -0.497 e. The molecule has 0 saturated heterocycles. The van der Waals surface area contributed by atoms with Gasteiger partial charge in [0.1, 0.15) is 5.75 Å². The molecular weight excluding hydrogens is 381 g/mol. The van der Waals surface area contributed by atoms with Gasteiger partial charge in [0, 0.05) is 29.9 Å². The number of benzene rings is 2. The highest BCUT2D eigenvalue weighted by atomic mass is 19.4. The van der Waals surface area contributed by atoms with Gasteiger partial charge in [-0.2, -0.15) is 13.2 Å². The van der Waals surface area contributed by atoms with Crippen LogP contribution in [-0.4, -0.2) is 25.6 Å². The highest BCUT2D eigenvalue weighted by Crippen LogP contribution is 2.30. The normalized spacial score (nSPS) is 19.4. The third-order valence-electron chi connectivity index (χ3n) is 5.30. The van der Waals surface area contributed by atoms with Gasteiger partial charge >= 0.3 is 6.18 Å². The van der Waals surface area contributed by atoms with Gasteiger partial charge in [-0.15, -0.1) is 0 Å². The number of rotatable bonds is 6. The van der Waals surface area contributed by atoms with E-state index in [4.69, 9.17) is 4.74 Å². The van der Waals surface area contributed by atoms with Gasteiger partial charge in [-0.1, -0.05) is 12.1 Å². The molecule has 0 radical (unpaired) electrons. The van der Waals surface area contributed by atoms with Crippen LogP contribution < -0.4 is 15.4 Å². The van der Waals surface area contributed by atoms with E-state index in [1.165, 1.54) is 12.1 Å². The summed E-state index contributed by atoms with van der Waals surface area (Å²) >= 11 is 0. The Kier molecular flexibility index (Phi) is 6.67. The second-order valence-electron chi connectivity index (χ2n) is 7.38. The van der Waals surface area contributed by atoms with Crippen LogP contribution in [0.15, 0.2) is 48.5 Å². The molecule has 0 aromatic heterocycles. The monoisotopic (exact) mass is 406 g/mol. The summed E-state index contributed by atoms with van der Waals surface area (Å²) in [5.41, 5.74) is 0.239. The fraction of sp³-hybridized carbons (Fsp3) is 0.409. The van der Waals surface area contributed by atoms with Crippen molar-refractivity contribution >= 4 is 11.6 Å². The SMILES string of the molecule is COc1cccc(NC[C@H]2CC[C@H](NC(=O)c3cccc(C(F)(F)F)c3)CC2)c1. The second kappa shape index (κ2) is 9.20. The van der Waals surface area contributed by atoms with Crippen molar-refractivity contribution in [2.75, 3.05) is 19.0 Å². The lowest BCUT2D eigenvalue weighted by Gasteiger charge is -2.29. The Morgan fingerprint density at radius 2 is 1.79 bits per heavy atom. The van der Waals surface area contributed by atoms with Crippen LogP contribution in [0.2, 0.25) is 0 Å². The first-order valence-corrected chi connectivity index (χ1v) is 9.71. The van der Waals surface area contributed by atoms with Gasteiger partial charge in [0.25, 0.3) is 5.91 Å². The van der Waals surface area contributed by atoms with E-state index in [2.05, 4.69) is 10.6 Å². The molecule has 0 heterocycles. The second-order valence-corrected chi connectivity index (χ2v) is 7.38. The predicted molar refractivity (Wildman–Crippen MR) is 106 cm³/mol. The van der Waals surface area contributed by atoms with Crippen LogP contribution >= 0.6 is 0 Å². The lowest BCUT2D eigenvalue weighted by atomic mass is 9.86. The van der Waals surface area contributed by atoms with Crippen molar-refractivity contribution in [3.63, 3.8) is 0 Å². The van der Waals surface area contributed by atoms with Crippen LogP contribution in [0.1, 0.15) is 41.6 Å². The zero-order valence-electron chi connectivity index (χ0n) is 16.3. The molecule has 2 N–H and O–H groups in total. The zero-order chi connectivity index (χ0) is 20.9. The number of carbonyl (C=O) groups excluding carboxylic acids is 1. The van der Waals surface area contributed by atoms with E-state index >= 15 is 0 Å². The van der Waals surface area contributed by atoms with E-state index in [1.807, 2.05) is 24.3 Å². The molecule has 2 aromatic carbocycles. The lowest BCUT2D eigenvalue weighted by Crippen LogP contribution is -2.38. The minimum atomic E-state index is -4.45. The molecule has 0 bridgehead atoms. The minimum absolute atomic E-state index is 0.00916. The molecule has 0 unspecified atom stereocenters. The molecule has 7 heteroatoms. The van der Waals surface area contributed by atoms with Gasteiger partial charge in [0.15, 0.2) is 0 Å². The van der Waals surface area contributed by atoms with E-state index in [-0.39, 0.29) is 11.6 Å². The number of anilines is 1. The van der Waals surface area contributed by atoms with E-state index < -0.39 is 17.6 Å². The molecule has 156 valence electrons. The summed E-state index contributed by atoms with van der Waals surface area (Å²) in [6.45, 7) is 0.835. The predicted octanol–water partition coefficient (Wildman–Crippen LogP) is 5.11. The molecule has 0 aliphatic heterocycles. The maximum atomic E-state index is 12.8. The van der Waals surface area contributed by atoms with Crippen molar-refractivity contribution in [1.29, 1.82) is 0 Å². The largest absolute Gasteiger partial charge is 0.497 e. The quantitative estimate of drug-likeness (QED) is 0.701. The molecule has 3 rings (SSSR count). The average molecular weight is 406 g/mol. The third kappa shape index (κ3) is 5.89. The highest BCUT2D eigenvalue weighted by Gasteiger charge is 2.31. The van der Waals surface area contributed by atoms with Crippen LogP contribution in [-0.2, 0) is 6.18 Å². The van der Waals surface area contributed by atoms with E-state index in [1.54, 1.807) is 7.11 Å². The van der Waals surface area contributed by atoms with Gasteiger partial charge in [-0.3, -0.25) is 4.79 Å². The Morgan fingerprint density at radius 3 is 2.48 bits per heavy atom. The molecule has 4 nitrogen and oxygen atoms in total. The molecule has 2 aromatic rings. The highest BCUT2D eigenvalue weighted by molar-refractivity contribution is 5.94. The maximum absolute atomic E-state index is 12.8. The van der Waals surface area contributed by atoms with Crippen LogP contribution in [0.4, 0.5) is 18.9 Å². The molecule has 1 fully saturated rings. The molecule has 1 aliphatic carbocycles. The van der Waals surface area contributed by atoms with Gasteiger partial charge in [0.2, 0.25) is 0 Å². The third-order valence-corrected chi connectivity index (χ3v) is 5.30. The number of amides is 1. The smallest absolute Gasteiger partial charge is 0.416 e. The standard InChI is InChI=1S/C22H25F3N2O2/c1-29-20-7-3-6-19(13-20)26-14-15-8-10-18(11-9-15)27-21(28)16-4-2-5-17(12-16)22(23,24)25/h2-7,12-13,15,18,26H,8-11,14H2,1H3,(H,27,28)/t15-,18-. The summed E-state index contributed by atoms with van der Waals surface area (Å²) in [7, 11) is 1.63.